The number of piperidine rings is 1. The zero-order valence-corrected chi connectivity index (χ0v) is 12.4. The first-order valence-corrected chi connectivity index (χ1v) is 8.00. The highest BCUT2D eigenvalue weighted by molar-refractivity contribution is 7.08. The number of H-pyrrole nitrogens is 1. The zero-order valence-electron chi connectivity index (χ0n) is 11.6. The number of carbonyl (C=O) groups excluding carboxylic acids is 1. The fraction of sp³-hybridized carbons (Fsp3) is 0.467. The molecule has 0 saturated carbocycles. The predicted octanol–water partition coefficient (Wildman–Crippen LogP) is 2.98. The van der Waals surface area contributed by atoms with E-state index in [4.69, 9.17) is 0 Å². The van der Waals surface area contributed by atoms with Crippen LogP contribution in [0.25, 0.3) is 0 Å². The Morgan fingerprint density at radius 1 is 1.55 bits per heavy atom. The maximum atomic E-state index is 12.6. The number of thiophene rings is 1. The molecular weight excluding hydrogens is 270 g/mol. The molecule has 3 rings (SSSR count). The molecule has 0 unspecified atom stereocenters. The number of likely N-dealkylation sites (tertiary alicyclic amines) is 1. The van der Waals surface area contributed by atoms with E-state index in [2.05, 4.69) is 15.6 Å². The van der Waals surface area contributed by atoms with Gasteiger partial charge in [0.25, 0.3) is 0 Å². The first-order valence-electron chi connectivity index (χ1n) is 7.06. The summed E-state index contributed by atoms with van der Waals surface area (Å²) in [6.45, 7) is 3.68. The fourth-order valence-electron chi connectivity index (χ4n) is 2.86. The number of nitrogens with zero attached hydrogens (tertiary/aromatic N) is 2. The number of carbonyl (C=O) groups is 1. The Labute approximate surface area is 122 Å². The average molecular weight is 289 g/mol. The SMILES string of the molecule is C[C@@H](C(=O)N1CCC[C@H](c2ccn[nH]2)C1)c1ccsc1. The number of aromatic amines is 1. The first-order chi connectivity index (χ1) is 9.75. The van der Waals surface area contributed by atoms with Crippen LogP contribution in [0.15, 0.2) is 29.1 Å². The van der Waals surface area contributed by atoms with E-state index < -0.39 is 0 Å². The lowest BCUT2D eigenvalue weighted by molar-refractivity contribution is -0.133. The zero-order chi connectivity index (χ0) is 13.9. The number of nitrogens with one attached hydrogen (secondary N) is 1. The largest absolute Gasteiger partial charge is 0.342 e. The van der Waals surface area contributed by atoms with Gasteiger partial charge >= 0.3 is 0 Å². The molecule has 1 amide bonds. The maximum absolute atomic E-state index is 12.6. The second kappa shape index (κ2) is 5.79. The summed E-state index contributed by atoms with van der Waals surface area (Å²) in [5, 5.41) is 11.2. The quantitative estimate of drug-likeness (QED) is 0.944. The van der Waals surface area contributed by atoms with Crippen molar-refractivity contribution in [1.29, 1.82) is 0 Å². The van der Waals surface area contributed by atoms with Crippen molar-refractivity contribution in [2.24, 2.45) is 0 Å². The molecule has 0 bridgehead atoms. The van der Waals surface area contributed by atoms with E-state index >= 15 is 0 Å². The Morgan fingerprint density at radius 2 is 2.45 bits per heavy atom. The molecule has 20 heavy (non-hydrogen) atoms. The van der Waals surface area contributed by atoms with Crippen LogP contribution in [0.1, 0.15) is 42.9 Å². The van der Waals surface area contributed by atoms with Crippen LogP contribution < -0.4 is 0 Å². The Hall–Kier alpha value is -1.62. The van der Waals surface area contributed by atoms with Crippen molar-refractivity contribution in [3.63, 3.8) is 0 Å². The molecule has 2 aromatic rings. The van der Waals surface area contributed by atoms with Crippen molar-refractivity contribution in [2.75, 3.05) is 13.1 Å². The smallest absolute Gasteiger partial charge is 0.229 e. The molecule has 1 saturated heterocycles. The van der Waals surface area contributed by atoms with Gasteiger partial charge in [-0.2, -0.15) is 16.4 Å². The van der Waals surface area contributed by atoms with Gasteiger partial charge in [-0.15, -0.1) is 0 Å². The molecule has 0 spiro atoms. The standard InChI is InChI=1S/C15H19N3OS/c1-11(13-5-8-20-10-13)15(19)18-7-2-3-12(9-18)14-4-6-16-17-14/h4-6,8,10-12H,2-3,7,9H2,1H3,(H,16,17)/t11-,12+/m1/s1. The van der Waals surface area contributed by atoms with Crippen molar-refractivity contribution in [1.82, 2.24) is 15.1 Å². The second-order valence-electron chi connectivity index (χ2n) is 5.41. The Morgan fingerprint density at radius 3 is 3.15 bits per heavy atom. The van der Waals surface area contributed by atoms with Crippen LogP contribution in [-0.2, 0) is 4.79 Å². The third kappa shape index (κ3) is 2.63. The molecule has 2 atom stereocenters. The van der Waals surface area contributed by atoms with Crippen molar-refractivity contribution in [3.8, 4) is 0 Å². The minimum atomic E-state index is -0.0400. The van der Waals surface area contributed by atoms with E-state index in [1.807, 2.05) is 29.3 Å². The number of hydrogen-bond acceptors (Lipinski definition) is 3. The summed E-state index contributed by atoms with van der Waals surface area (Å²) in [6.07, 6.45) is 3.97. The molecule has 1 aliphatic rings. The molecule has 0 aliphatic carbocycles. The summed E-state index contributed by atoms with van der Waals surface area (Å²) in [7, 11) is 0. The number of aromatic nitrogens is 2. The van der Waals surface area contributed by atoms with Gasteiger partial charge in [0.1, 0.15) is 0 Å². The van der Waals surface area contributed by atoms with E-state index in [0.717, 1.165) is 37.2 Å². The highest BCUT2D eigenvalue weighted by Gasteiger charge is 2.28. The van der Waals surface area contributed by atoms with Crippen molar-refractivity contribution in [2.45, 2.75) is 31.6 Å². The average Bonchev–Trinajstić information content (AvgIpc) is 3.18. The maximum Gasteiger partial charge on any atom is 0.229 e. The molecule has 4 nitrogen and oxygen atoms in total. The van der Waals surface area contributed by atoms with E-state index in [-0.39, 0.29) is 11.8 Å². The summed E-state index contributed by atoms with van der Waals surface area (Å²) < 4.78 is 0. The van der Waals surface area contributed by atoms with Crippen molar-refractivity contribution in [3.05, 3.63) is 40.3 Å². The van der Waals surface area contributed by atoms with Crippen molar-refractivity contribution < 1.29 is 4.79 Å². The predicted molar refractivity (Wildman–Crippen MR) is 79.9 cm³/mol. The summed E-state index contributed by atoms with van der Waals surface area (Å²) in [6, 6.07) is 4.06. The van der Waals surface area contributed by atoms with Gasteiger partial charge in [-0.3, -0.25) is 9.89 Å². The summed E-state index contributed by atoms with van der Waals surface area (Å²) in [5.74, 6) is 0.597. The van der Waals surface area contributed by atoms with Crippen LogP contribution in [0.4, 0.5) is 0 Å². The minimum absolute atomic E-state index is 0.0400. The first kappa shape index (κ1) is 13.4. The molecule has 1 N–H and O–H groups in total. The van der Waals surface area contributed by atoms with Crippen LogP contribution >= 0.6 is 11.3 Å². The lowest BCUT2D eigenvalue weighted by Crippen LogP contribution is -2.41. The molecule has 106 valence electrons. The molecule has 5 heteroatoms. The monoisotopic (exact) mass is 289 g/mol. The van der Waals surface area contributed by atoms with Gasteiger partial charge in [-0.1, -0.05) is 0 Å². The van der Waals surface area contributed by atoms with Crippen LogP contribution in [0.2, 0.25) is 0 Å². The van der Waals surface area contributed by atoms with Gasteiger partial charge in [-0.05, 0) is 48.2 Å². The molecule has 0 radical (unpaired) electrons. The number of hydrogen-bond donors (Lipinski definition) is 1. The fourth-order valence-corrected chi connectivity index (χ4v) is 3.62. The number of rotatable bonds is 3. The topological polar surface area (TPSA) is 49.0 Å². The molecular formula is C15H19N3OS. The van der Waals surface area contributed by atoms with Gasteiger partial charge in [0, 0.05) is 30.9 Å². The molecule has 1 fully saturated rings. The molecule has 0 aromatic carbocycles. The normalized spacial score (nSPS) is 20.9. The Kier molecular flexibility index (Phi) is 3.87. The molecule has 2 aromatic heterocycles. The summed E-state index contributed by atoms with van der Waals surface area (Å²) >= 11 is 1.65. The van der Waals surface area contributed by atoms with Crippen LogP contribution in [0, 0.1) is 0 Å². The summed E-state index contributed by atoms with van der Waals surface area (Å²) in [4.78, 5) is 14.6. The number of amides is 1. The van der Waals surface area contributed by atoms with Gasteiger partial charge in [0.15, 0.2) is 0 Å². The lowest BCUT2D eigenvalue weighted by atomic mass is 9.93. The highest BCUT2D eigenvalue weighted by Crippen LogP contribution is 2.28. The third-order valence-electron chi connectivity index (χ3n) is 4.11. The van der Waals surface area contributed by atoms with Gasteiger partial charge in [0.05, 0.1) is 5.92 Å². The van der Waals surface area contributed by atoms with E-state index in [9.17, 15) is 4.79 Å². The van der Waals surface area contributed by atoms with E-state index in [0.29, 0.717) is 5.92 Å². The van der Waals surface area contributed by atoms with Crippen molar-refractivity contribution >= 4 is 17.2 Å². The van der Waals surface area contributed by atoms with Gasteiger partial charge in [0.2, 0.25) is 5.91 Å². The highest BCUT2D eigenvalue weighted by atomic mass is 32.1. The molecule has 1 aliphatic heterocycles. The van der Waals surface area contributed by atoms with Gasteiger partial charge in [-0.25, -0.2) is 0 Å². The third-order valence-corrected chi connectivity index (χ3v) is 4.81. The second-order valence-corrected chi connectivity index (χ2v) is 6.19. The lowest BCUT2D eigenvalue weighted by Gasteiger charge is -2.33. The van der Waals surface area contributed by atoms with E-state index in [1.54, 1.807) is 17.5 Å². The van der Waals surface area contributed by atoms with Gasteiger partial charge < -0.3 is 4.90 Å². The van der Waals surface area contributed by atoms with E-state index in [1.165, 1.54) is 0 Å². The Bertz CT molecular complexity index is 550. The van der Waals surface area contributed by atoms with Crippen LogP contribution in [-0.4, -0.2) is 34.1 Å². The minimum Gasteiger partial charge on any atom is -0.342 e. The van der Waals surface area contributed by atoms with Crippen LogP contribution in [0.5, 0.6) is 0 Å². The Balaban J connectivity index is 1.69. The molecule has 3 heterocycles. The van der Waals surface area contributed by atoms with Crippen LogP contribution in [0.3, 0.4) is 0 Å². The summed E-state index contributed by atoms with van der Waals surface area (Å²) in [5.41, 5.74) is 2.27.